The summed E-state index contributed by atoms with van der Waals surface area (Å²) in [6, 6.07) is 5.13. The molecule has 0 spiro atoms. The van der Waals surface area contributed by atoms with Gasteiger partial charge in [0.2, 0.25) is 5.78 Å². The zero-order valence-corrected chi connectivity index (χ0v) is 10.2. The number of phenols is 2. The molecule has 6 heteroatoms. The van der Waals surface area contributed by atoms with E-state index in [1.54, 1.807) is 0 Å². The fourth-order valence-electron chi connectivity index (χ4n) is 2.41. The van der Waals surface area contributed by atoms with Gasteiger partial charge in [0.25, 0.3) is 0 Å². The molecular weight excluding hydrogens is 260 g/mol. The van der Waals surface area contributed by atoms with E-state index in [2.05, 4.69) is 0 Å². The van der Waals surface area contributed by atoms with Crippen molar-refractivity contribution in [3.05, 3.63) is 46.5 Å². The number of ketones is 2. The summed E-state index contributed by atoms with van der Waals surface area (Å²) in [6.07, 6.45) is 0. The van der Waals surface area contributed by atoms with E-state index in [1.807, 2.05) is 0 Å². The van der Waals surface area contributed by atoms with Crippen LogP contribution in [0.2, 0.25) is 0 Å². The molecule has 2 aromatic carbocycles. The highest BCUT2D eigenvalue weighted by atomic mass is 16.3. The van der Waals surface area contributed by atoms with Crippen molar-refractivity contribution in [3.8, 4) is 11.5 Å². The minimum atomic E-state index is -0.677. The van der Waals surface area contributed by atoms with Gasteiger partial charge in [-0.1, -0.05) is 0 Å². The number of phenolic OH excluding ortho intramolecular Hbond substituents is 2. The molecule has 0 heterocycles. The Balaban J connectivity index is 2.46. The largest absolute Gasteiger partial charge is 0.507 e. The highest BCUT2D eigenvalue weighted by molar-refractivity contribution is 6.33. The normalized spacial score (nSPS) is 13.0. The van der Waals surface area contributed by atoms with Crippen LogP contribution in [0.4, 0.5) is 11.4 Å². The van der Waals surface area contributed by atoms with E-state index in [0.717, 1.165) is 0 Å². The monoisotopic (exact) mass is 270 g/mol. The van der Waals surface area contributed by atoms with Crippen LogP contribution in [-0.4, -0.2) is 21.8 Å². The Morgan fingerprint density at radius 3 is 1.40 bits per heavy atom. The van der Waals surface area contributed by atoms with Crippen LogP contribution in [0, 0.1) is 0 Å². The lowest BCUT2D eigenvalue weighted by Gasteiger charge is -2.21. The quantitative estimate of drug-likeness (QED) is 0.357. The van der Waals surface area contributed by atoms with E-state index in [9.17, 15) is 19.8 Å². The van der Waals surface area contributed by atoms with E-state index < -0.39 is 11.6 Å². The highest BCUT2D eigenvalue weighted by Gasteiger charge is 2.36. The molecule has 6 nitrogen and oxygen atoms in total. The fourth-order valence-corrected chi connectivity index (χ4v) is 2.41. The van der Waals surface area contributed by atoms with Gasteiger partial charge in [-0.25, -0.2) is 0 Å². The fraction of sp³-hybridized carbons (Fsp3) is 0. The van der Waals surface area contributed by atoms with Crippen molar-refractivity contribution in [3.63, 3.8) is 0 Å². The molecule has 20 heavy (non-hydrogen) atoms. The summed E-state index contributed by atoms with van der Waals surface area (Å²) in [6.45, 7) is 0. The third-order valence-electron chi connectivity index (χ3n) is 3.34. The lowest BCUT2D eigenvalue weighted by molar-refractivity contribution is 0.0975. The van der Waals surface area contributed by atoms with Crippen molar-refractivity contribution in [1.29, 1.82) is 0 Å². The van der Waals surface area contributed by atoms with E-state index in [0.29, 0.717) is 0 Å². The molecule has 2 aromatic rings. The third kappa shape index (κ3) is 1.33. The summed E-state index contributed by atoms with van der Waals surface area (Å²) in [7, 11) is 0. The molecule has 0 amide bonds. The lowest BCUT2D eigenvalue weighted by Crippen LogP contribution is -2.24. The van der Waals surface area contributed by atoms with Crippen LogP contribution in [0.5, 0.6) is 11.5 Å². The Bertz CT molecular complexity index is 667. The number of benzene rings is 2. The number of carbonyl (C=O) groups is 2. The SMILES string of the molecule is Nc1ccc(O)c2c1C(=O)c1c(N)ccc(O)c1C2=O. The van der Waals surface area contributed by atoms with Crippen molar-refractivity contribution < 1.29 is 19.8 Å². The topological polar surface area (TPSA) is 127 Å². The Morgan fingerprint density at radius 1 is 0.650 bits per heavy atom. The number of hydrogen-bond donors (Lipinski definition) is 4. The highest BCUT2D eigenvalue weighted by Crippen LogP contribution is 2.40. The molecule has 0 fully saturated rings. The first kappa shape index (κ1) is 12.0. The molecule has 6 N–H and O–H groups in total. The second-order valence-corrected chi connectivity index (χ2v) is 4.51. The van der Waals surface area contributed by atoms with Crippen LogP contribution in [0.25, 0.3) is 0 Å². The summed E-state index contributed by atoms with van der Waals surface area (Å²) >= 11 is 0. The molecule has 100 valence electrons. The summed E-state index contributed by atoms with van der Waals surface area (Å²) < 4.78 is 0. The number of fused-ring (bicyclic) bond motifs is 2. The smallest absolute Gasteiger partial charge is 0.202 e. The van der Waals surface area contributed by atoms with Gasteiger partial charge in [-0.3, -0.25) is 9.59 Å². The van der Waals surface area contributed by atoms with Crippen LogP contribution >= 0.6 is 0 Å². The van der Waals surface area contributed by atoms with Gasteiger partial charge in [0.05, 0.1) is 22.3 Å². The van der Waals surface area contributed by atoms with Crippen molar-refractivity contribution >= 4 is 22.9 Å². The predicted octanol–water partition coefficient (Wildman–Crippen LogP) is 1.04. The van der Waals surface area contributed by atoms with Gasteiger partial charge in [-0.05, 0) is 24.3 Å². The van der Waals surface area contributed by atoms with Crippen LogP contribution in [0.3, 0.4) is 0 Å². The maximum Gasteiger partial charge on any atom is 0.202 e. The number of hydrogen-bond acceptors (Lipinski definition) is 6. The number of carbonyl (C=O) groups excluding carboxylic acids is 2. The first-order chi connectivity index (χ1) is 9.43. The number of anilines is 2. The summed E-state index contributed by atoms with van der Waals surface area (Å²) in [5.41, 5.74) is 11.0. The first-order valence-electron chi connectivity index (χ1n) is 5.75. The molecular formula is C14H10N2O4. The van der Waals surface area contributed by atoms with Gasteiger partial charge in [0.1, 0.15) is 11.5 Å². The lowest BCUT2D eigenvalue weighted by atomic mass is 9.81. The minimum absolute atomic E-state index is 0.0737. The molecule has 0 unspecified atom stereocenters. The standard InChI is InChI=1S/C14H10N2O4/c15-5-1-3-7(17)11-9(5)13(19)10-6(16)2-4-8(18)12(10)14(11)20/h1-4,17-18H,15-16H2. The molecule has 0 aromatic heterocycles. The molecule has 1 aliphatic carbocycles. The zero-order chi connectivity index (χ0) is 14.6. The van der Waals surface area contributed by atoms with Gasteiger partial charge in [0, 0.05) is 11.4 Å². The number of nitrogens with two attached hydrogens (primary N) is 2. The molecule has 0 bridgehead atoms. The molecule has 0 atom stereocenters. The van der Waals surface area contributed by atoms with Gasteiger partial charge in [-0.15, -0.1) is 0 Å². The van der Waals surface area contributed by atoms with Gasteiger partial charge >= 0.3 is 0 Å². The Hall–Kier alpha value is -3.02. The number of rotatable bonds is 0. The van der Waals surface area contributed by atoms with Gasteiger partial charge in [0.15, 0.2) is 5.78 Å². The summed E-state index contributed by atoms with van der Waals surface area (Å²) in [5.74, 6) is -1.99. The maximum absolute atomic E-state index is 12.5. The second kappa shape index (κ2) is 3.74. The van der Waals surface area contributed by atoms with Crippen molar-refractivity contribution in [2.24, 2.45) is 0 Å². The molecule has 1 aliphatic rings. The molecule has 0 aliphatic heterocycles. The minimum Gasteiger partial charge on any atom is -0.507 e. The summed E-state index contributed by atoms with van der Waals surface area (Å²) in [4.78, 5) is 24.9. The third-order valence-corrected chi connectivity index (χ3v) is 3.34. The van der Waals surface area contributed by atoms with Crippen LogP contribution < -0.4 is 11.5 Å². The Labute approximate surface area is 113 Å². The summed E-state index contributed by atoms with van der Waals surface area (Å²) in [5, 5.41) is 19.6. The molecule has 0 saturated carbocycles. The molecule has 0 saturated heterocycles. The van der Waals surface area contributed by atoms with E-state index in [4.69, 9.17) is 11.5 Å². The van der Waals surface area contributed by atoms with Gasteiger partial charge < -0.3 is 21.7 Å². The van der Waals surface area contributed by atoms with E-state index >= 15 is 0 Å². The Kier molecular flexibility index (Phi) is 2.25. The first-order valence-corrected chi connectivity index (χ1v) is 5.75. The number of aromatic hydroxyl groups is 2. The maximum atomic E-state index is 12.5. The second-order valence-electron chi connectivity index (χ2n) is 4.51. The molecule has 0 radical (unpaired) electrons. The van der Waals surface area contributed by atoms with Crippen LogP contribution in [0.1, 0.15) is 31.8 Å². The zero-order valence-electron chi connectivity index (χ0n) is 10.2. The van der Waals surface area contributed by atoms with E-state index in [-0.39, 0.29) is 45.1 Å². The average Bonchev–Trinajstić information content (AvgIpc) is 2.41. The van der Waals surface area contributed by atoms with Crippen molar-refractivity contribution in [1.82, 2.24) is 0 Å². The van der Waals surface area contributed by atoms with Gasteiger partial charge in [-0.2, -0.15) is 0 Å². The van der Waals surface area contributed by atoms with E-state index in [1.165, 1.54) is 24.3 Å². The Morgan fingerprint density at radius 2 is 1.00 bits per heavy atom. The molecule has 3 rings (SSSR count). The van der Waals surface area contributed by atoms with Crippen LogP contribution in [0.15, 0.2) is 24.3 Å². The van der Waals surface area contributed by atoms with Crippen molar-refractivity contribution in [2.75, 3.05) is 11.5 Å². The predicted molar refractivity (Wildman–Crippen MR) is 71.9 cm³/mol. The van der Waals surface area contributed by atoms with Crippen LogP contribution in [-0.2, 0) is 0 Å². The average molecular weight is 270 g/mol. The van der Waals surface area contributed by atoms with Crippen molar-refractivity contribution in [2.45, 2.75) is 0 Å². The number of nitrogen functional groups attached to an aromatic ring is 2.